The molecule has 2 aromatic carbocycles. The summed E-state index contributed by atoms with van der Waals surface area (Å²) in [6, 6.07) is 20.7. The molecule has 1 saturated heterocycles. The predicted octanol–water partition coefficient (Wildman–Crippen LogP) is 4.46. The average Bonchev–Trinajstić information content (AvgIpc) is 3.49. The van der Waals surface area contributed by atoms with Gasteiger partial charge in [0.1, 0.15) is 18.1 Å². The highest BCUT2D eigenvalue weighted by Crippen LogP contribution is 2.16. The number of ether oxygens (including phenoxy) is 2. The minimum Gasteiger partial charge on any atom is -0.494 e. The minimum atomic E-state index is -0.172. The fourth-order valence-corrected chi connectivity index (χ4v) is 4.44. The van der Waals surface area contributed by atoms with Gasteiger partial charge in [-0.2, -0.15) is 0 Å². The molecule has 0 N–H and O–H groups in total. The first-order chi connectivity index (χ1) is 19.1. The van der Waals surface area contributed by atoms with Crippen molar-refractivity contribution in [2.24, 2.45) is 0 Å². The van der Waals surface area contributed by atoms with Crippen molar-refractivity contribution in [2.75, 3.05) is 52.5 Å². The molecule has 0 atom stereocenters. The van der Waals surface area contributed by atoms with Crippen LogP contribution in [0.15, 0.2) is 77.4 Å². The molecule has 208 valence electrons. The van der Waals surface area contributed by atoms with E-state index in [4.69, 9.17) is 13.9 Å². The second-order valence-corrected chi connectivity index (χ2v) is 9.72. The number of furan rings is 1. The molecule has 2 amide bonds. The van der Waals surface area contributed by atoms with Crippen LogP contribution >= 0.6 is 0 Å². The molecule has 2 heterocycles. The molecule has 1 aliphatic heterocycles. The summed E-state index contributed by atoms with van der Waals surface area (Å²) in [5.41, 5.74) is 1.55. The molecule has 0 spiro atoms. The molecule has 1 fully saturated rings. The van der Waals surface area contributed by atoms with E-state index in [1.165, 1.54) is 0 Å². The largest absolute Gasteiger partial charge is 0.494 e. The zero-order valence-corrected chi connectivity index (χ0v) is 22.8. The van der Waals surface area contributed by atoms with Crippen molar-refractivity contribution in [1.82, 2.24) is 14.7 Å². The van der Waals surface area contributed by atoms with Crippen LogP contribution in [0.3, 0.4) is 0 Å². The molecular formula is C31H39N3O5. The Morgan fingerprint density at radius 2 is 1.69 bits per heavy atom. The number of carbonyl (C=O) groups is 2. The van der Waals surface area contributed by atoms with Gasteiger partial charge in [-0.15, -0.1) is 0 Å². The average molecular weight is 534 g/mol. The first-order valence-corrected chi connectivity index (χ1v) is 13.8. The number of hydrogen-bond acceptors (Lipinski definition) is 6. The van der Waals surface area contributed by atoms with Gasteiger partial charge in [-0.25, -0.2) is 0 Å². The van der Waals surface area contributed by atoms with Crippen LogP contribution in [0.1, 0.15) is 41.4 Å². The van der Waals surface area contributed by atoms with E-state index in [0.717, 1.165) is 37.2 Å². The first-order valence-electron chi connectivity index (χ1n) is 13.8. The Morgan fingerprint density at radius 3 is 2.38 bits per heavy atom. The molecule has 4 rings (SSSR count). The van der Waals surface area contributed by atoms with Crippen molar-refractivity contribution in [3.05, 3.63) is 89.9 Å². The molecular weight excluding hydrogens is 494 g/mol. The monoisotopic (exact) mass is 533 g/mol. The molecule has 0 aliphatic carbocycles. The van der Waals surface area contributed by atoms with Gasteiger partial charge >= 0.3 is 0 Å². The lowest BCUT2D eigenvalue weighted by molar-refractivity contribution is -0.133. The Bertz CT molecular complexity index is 1130. The fourth-order valence-electron chi connectivity index (χ4n) is 4.44. The fraction of sp³-hybridized carbons (Fsp3) is 0.419. The standard InChI is InChI=1S/C31H39N3O5/c1-2-3-19-38-28-13-11-27(12-14-28)31(36)33(16-15-32-17-21-37-22-18-32)25-30(35)34(24-29-10-7-20-39-29)23-26-8-5-4-6-9-26/h4-14,20H,2-3,15-19,21-25H2,1H3. The number of unbranched alkanes of at least 4 members (excludes halogenated alkanes) is 1. The van der Waals surface area contributed by atoms with Gasteiger partial charge in [0, 0.05) is 38.3 Å². The number of benzene rings is 2. The lowest BCUT2D eigenvalue weighted by Gasteiger charge is -2.31. The Morgan fingerprint density at radius 1 is 0.923 bits per heavy atom. The van der Waals surface area contributed by atoms with Gasteiger partial charge in [-0.05, 0) is 48.4 Å². The Labute approximate surface area is 231 Å². The van der Waals surface area contributed by atoms with Crippen LogP contribution in [0.2, 0.25) is 0 Å². The molecule has 0 saturated carbocycles. The van der Waals surface area contributed by atoms with Gasteiger partial charge in [0.25, 0.3) is 5.91 Å². The minimum absolute atomic E-state index is 0.0224. The molecule has 8 heteroatoms. The molecule has 0 bridgehead atoms. The molecule has 0 unspecified atom stereocenters. The molecule has 1 aliphatic rings. The van der Waals surface area contributed by atoms with Gasteiger partial charge in [0.15, 0.2) is 0 Å². The predicted molar refractivity (Wildman–Crippen MR) is 149 cm³/mol. The van der Waals surface area contributed by atoms with E-state index in [1.807, 2.05) is 54.6 Å². The van der Waals surface area contributed by atoms with Crippen molar-refractivity contribution in [3.8, 4) is 5.75 Å². The SMILES string of the molecule is CCCCOc1ccc(C(=O)N(CCN2CCOCC2)CC(=O)N(Cc2ccccc2)Cc2ccco2)cc1. The zero-order chi connectivity index (χ0) is 27.3. The molecule has 3 aromatic rings. The van der Waals surface area contributed by atoms with Gasteiger partial charge in [-0.1, -0.05) is 43.7 Å². The Balaban J connectivity index is 1.48. The third-order valence-corrected chi connectivity index (χ3v) is 6.77. The number of hydrogen-bond donors (Lipinski definition) is 0. The summed E-state index contributed by atoms with van der Waals surface area (Å²) in [4.78, 5) is 33.1. The number of amides is 2. The van der Waals surface area contributed by atoms with Crippen LogP contribution in [-0.2, 0) is 22.6 Å². The Hall–Kier alpha value is -3.62. The van der Waals surface area contributed by atoms with E-state index < -0.39 is 0 Å². The second-order valence-electron chi connectivity index (χ2n) is 9.72. The highest BCUT2D eigenvalue weighted by Gasteiger charge is 2.24. The van der Waals surface area contributed by atoms with Crippen molar-refractivity contribution < 1.29 is 23.5 Å². The maximum absolute atomic E-state index is 13.7. The first kappa shape index (κ1) is 28.4. The van der Waals surface area contributed by atoms with Gasteiger partial charge in [-0.3, -0.25) is 14.5 Å². The van der Waals surface area contributed by atoms with Crippen LogP contribution in [0.5, 0.6) is 5.75 Å². The molecule has 0 radical (unpaired) electrons. The number of rotatable bonds is 14. The van der Waals surface area contributed by atoms with Crippen LogP contribution < -0.4 is 4.74 Å². The number of carbonyl (C=O) groups excluding carboxylic acids is 2. The summed E-state index contributed by atoms with van der Waals surface area (Å²) in [6.07, 6.45) is 3.65. The summed E-state index contributed by atoms with van der Waals surface area (Å²) in [5, 5.41) is 0. The van der Waals surface area contributed by atoms with E-state index in [2.05, 4.69) is 11.8 Å². The summed E-state index contributed by atoms with van der Waals surface area (Å²) in [7, 11) is 0. The van der Waals surface area contributed by atoms with Crippen molar-refractivity contribution >= 4 is 11.8 Å². The van der Waals surface area contributed by atoms with E-state index in [1.54, 1.807) is 28.2 Å². The second kappa shape index (κ2) is 15.1. The number of nitrogens with zero attached hydrogens (tertiary/aromatic N) is 3. The van der Waals surface area contributed by atoms with E-state index in [-0.39, 0.29) is 18.4 Å². The van der Waals surface area contributed by atoms with Crippen molar-refractivity contribution in [2.45, 2.75) is 32.9 Å². The third kappa shape index (κ3) is 8.97. The zero-order valence-electron chi connectivity index (χ0n) is 22.8. The lowest BCUT2D eigenvalue weighted by Crippen LogP contribution is -2.47. The summed E-state index contributed by atoms with van der Waals surface area (Å²) in [5.74, 6) is 1.13. The maximum Gasteiger partial charge on any atom is 0.254 e. The molecule has 8 nitrogen and oxygen atoms in total. The topological polar surface area (TPSA) is 75.5 Å². The van der Waals surface area contributed by atoms with E-state index in [9.17, 15) is 9.59 Å². The third-order valence-electron chi connectivity index (χ3n) is 6.77. The van der Waals surface area contributed by atoms with Crippen LogP contribution in [0.25, 0.3) is 0 Å². The van der Waals surface area contributed by atoms with Crippen molar-refractivity contribution in [3.63, 3.8) is 0 Å². The maximum atomic E-state index is 13.7. The number of morpholine rings is 1. The smallest absolute Gasteiger partial charge is 0.254 e. The van der Waals surface area contributed by atoms with E-state index in [0.29, 0.717) is 57.3 Å². The quantitative estimate of drug-likeness (QED) is 0.285. The van der Waals surface area contributed by atoms with Gasteiger partial charge in [0.2, 0.25) is 5.91 Å². The molecule has 1 aromatic heterocycles. The van der Waals surface area contributed by atoms with Gasteiger partial charge in [0.05, 0.1) is 32.6 Å². The van der Waals surface area contributed by atoms with Crippen molar-refractivity contribution in [1.29, 1.82) is 0 Å². The highest BCUT2D eigenvalue weighted by molar-refractivity contribution is 5.96. The molecule has 39 heavy (non-hydrogen) atoms. The van der Waals surface area contributed by atoms with Gasteiger partial charge < -0.3 is 23.7 Å². The Kier molecular flexibility index (Phi) is 11.0. The van der Waals surface area contributed by atoms with Crippen LogP contribution in [-0.4, -0.2) is 79.1 Å². The summed E-state index contributed by atoms with van der Waals surface area (Å²) >= 11 is 0. The van der Waals surface area contributed by atoms with Crippen LogP contribution in [0.4, 0.5) is 0 Å². The highest BCUT2D eigenvalue weighted by atomic mass is 16.5. The normalized spacial score (nSPS) is 13.7. The summed E-state index contributed by atoms with van der Waals surface area (Å²) in [6.45, 7) is 7.62. The van der Waals surface area contributed by atoms with Crippen LogP contribution in [0, 0.1) is 0 Å². The summed E-state index contributed by atoms with van der Waals surface area (Å²) < 4.78 is 16.8. The van der Waals surface area contributed by atoms with E-state index >= 15 is 0 Å². The lowest BCUT2D eigenvalue weighted by atomic mass is 10.1.